The number of ether oxygens (including phenoxy) is 2. The van der Waals surface area contributed by atoms with E-state index < -0.39 is 0 Å². The Morgan fingerprint density at radius 2 is 2.10 bits per heavy atom. The maximum atomic E-state index is 11.3. The number of carbonyl (C=O) groups is 1. The van der Waals surface area contributed by atoms with Gasteiger partial charge in [0.2, 0.25) is 0 Å². The van der Waals surface area contributed by atoms with Gasteiger partial charge in [0.1, 0.15) is 11.5 Å². The predicted octanol–water partition coefficient (Wildman–Crippen LogP) is 3.35. The van der Waals surface area contributed by atoms with E-state index in [2.05, 4.69) is 5.32 Å². The van der Waals surface area contributed by atoms with Gasteiger partial charge in [0.25, 0.3) is 5.91 Å². The topological polar surface area (TPSA) is 73.6 Å². The van der Waals surface area contributed by atoms with Crippen LogP contribution in [0.3, 0.4) is 0 Å². The molecule has 1 amide bonds. The number of fused-ring (bicyclic) bond motifs is 1. The summed E-state index contributed by atoms with van der Waals surface area (Å²) in [5, 5.41) is 3.19. The van der Waals surface area contributed by atoms with Gasteiger partial charge in [-0.3, -0.25) is 4.79 Å². The van der Waals surface area contributed by atoms with Crippen LogP contribution < -0.4 is 20.5 Å². The van der Waals surface area contributed by atoms with Crippen LogP contribution in [0, 0.1) is 6.92 Å². The maximum Gasteiger partial charge on any atom is 0.262 e. The number of hydrogen-bond donors (Lipinski definition) is 2. The largest absolute Gasteiger partial charge is 0.481 e. The number of hydrogen-bond acceptors (Lipinski definition) is 4. The highest BCUT2D eigenvalue weighted by atomic mass is 35.5. The first-order chi connectivity index (χ1) is 10.0. The molecule has 3 N–H and O–H groups in total. The third-order valence-corrected chi connectivity index (χ3v) is 3.36. The number of nitrogens with two attached hydrogens (primary N) is 1. The van der Waals surface area contributed by atoms with Crippen LogP contribution in [0.25, 0.3) is 0 Å². The Morgan fingerprint density at radius 3 is 2.90 bits per heavy atom. The number of benzene rings is 2. The maximum absolute atomic E-state index is 11.3. The van der Waals surface area contributed by atoms with E-state index in [1.165, 1.54) is 0 Å². The molecule has 0 spiro atoms. The lowest BCUT2D eigenvalue weighted by Crippen LogP contribution is -2.25. The molecule has 1 heterocycles. The van der Waals surface area contributed by atoms with Gasteiger partial charge in [-0.15, -0.1) is 0 Å². The Morgan fingerprint density at radius 1 is 1.29 bits per heavy atom. The van der Waals surface area contributed by atoms with E-state index in [-0.39, 0.29) is 12.5 Å². The van der Waals surface area contributed by atoms with Gasteiger partial charge in [0, 0.05) is 12.1 Å². The molecule has 1 aliphatic heterocycles. The smallest absolute Gasteiger partial charge is 0.262 e. The predicted molar refractivity (Wildman–Crippen MR) is 81.2 cm³/mol. The molecular formula is C15H13ClN2O3. The summed E-state index contributed by atoms with van der Waals surface area (Å²) >= 11 is 6.10. The molecule has 5 nitrogen and oxygen atoms in total. The first-order valence-corrected chi connectivity index (χ1v) is 6.71. The number of carbonyl (C=O) groups excluding carboxylic acids is 1. The van der Waals surface area contributed by atoms with E-state index in [9.17, 15) is 4.79 Å². The zero-order valence-corrected chi connectivity index (χ0v) is 12.0. The first kappa shape index (κ1) is 13.6. The quantitative estimate of drug-likeness (QED) is 0.834. The Balaban J connectivity index is 1.97. The molecule has 0 aromatic heterocycles. The number of anilines is 2. The lowest BCUT2D eigenvalue weighted by Gasteiger charge is -2.20. The SMILES string of the molecule is Cc1ccc(Cl)c(Oc2cc3c(cc2N)OCC(=O)N3)c1. The van der Waals surface area contributed by atoms with Crippen molar-refractivity contribution < 1.29 is 14.3 Å². The highest BCUT2D eigenvalue weighted by Gasteiger charge is 2.19. The van der Waals surface area contributed by atoms with Gasteiger partial charge < -0.3 is 20.5 Å². The number of rotatable bonds is 2. The highest BCUT2D eigenvalue weighted by molar-refractivity contribution is 6.32. The average Bonchev–Trinajstić information content (AvgIpc) is 2.44. The highest BCUT2D eigenvalue weighted by Crippen LogP contribution is 2.40. The molecule has 0 aliphatic carbocycles. The molecular weight excluding hydrogens is 292 g/mol. The van der Waals surface area contributed by atoms with Crippen molar-refractivity contribution in [2.24, 2.45) is 0 Å². The van der Waals surface area contributed by atoms with Crippen LogP contribution in [0.2, 0.25) is 5.02 Å². The fourth-order valence-corrected chi connectivity index (χ4v) is 2.17. The van der Waals surface area contributed by atoms with Crippen molar-refractivity contribution in [2.75, 3.05) is 17.7 Å². The second kappa shape index (κ2) is 5.18. The molecule has 6 heteroatoms. The van der Waals surface area contributed by atoms with E-state index in [0.29, 0.717) is 33.6 Å². The van der Waals surface area contributed by atoms with Crippen LogP contribution >= 0.6 is 11.6 Å². The van der Waals surface area contributed by atoms with E-state index in [4.69, 9.17) is 26.8 Å². The molecule has 0 saturated carbocycles. The second-order valence-corrected chi connectivity index (χ2v) is 5.17. The summed E-state index contributed by atoms with van der Waals surface area (Å²) in [4.78, 5) is 11.3. The number of nitrogen functional groups attached to an aromatic ring is 1. The van der Waals surface area contributed by atoms with E-state index in [0.717, 1.165) is 5.56 Å². The fraction of sp³-hybridized carbons (Fsp3) is 0.133. The van der Waals surface area contributed by atoms with Crippen molar-refractivity contribution in [1.82, 2.24) is 0 Å². The van der Waals surface area contributed by atoms with Gasteiger partial charge in [-0.05, 0) is 24.6 Å². The molecule has 21 heavy (non-hydrogen) atoms. The summed E-state index contributed by atoms with van der Waals surface area (Å²) < 4.78 is 11.0. The molecule has 2 aromatic carbocycles. The molecule has 0 atom stereocenters. The van der Waals surface area contributed by atoms with Gasteiger partial charge >= 0.3 is 0 Å². The Labute approximate surface area is 126 Å². The van der Waals surface area contributed by atoms with Crippen molar-refractivity contribution in [3.8, 4) is 17.2 Å². The summed E-state index contributed by atoms with van der Waals surface area (Å²) in [6.07, 6.45) is 0. The zero-order chi connectivity index (χ0) is 15.0. The van der Waals surface area contributed by atoms with Crippen LogP contribution in [-0.2, 0) is 4.79 Å². The Hall–Kier alpha value is -2.40. The van der Waals surface area contributed by atoms with E-state index >= 15 is 0 Å². The number of amides is 1. The van der Waals surface area contributed by atoms with Crippen LogP contribution in [0.1, 0.15) is 5.56 Å². The molecule has 2 aromatic rings. The van der Waals surface area contributed by atoms with Crippen molar-refractivity contribution in [2.45, 2.75) is 6.92 Å². The van der Waals surface area contributed by atoms with Crippen LogP contribution in [0.15, 0.2) is 30.3 Å². The molecule has 0 saturated heterocycles. The summed E-state index contributed by atoms with van der Waals surface area (Å²) in [6.45, 7) is 1.92. The minimum Gasteiger partial charge on any atom is -0.481 e. The third-order valence-electron chi connectivity index (χ3n) is 3.05. The summed E-state index contributed by atoms with van der Waals surface area (Å²) in [5.74, 6) is 1.22. The fourth-order valence-electron chi connectivity index (χ4n) is 2.02. The van der Waals surface area contributed by atoms with E-state index in [1.54, 1.807) is 18.2 Å². The van der Waals surface area contributed by atoms with Crippen molar-refractivity contribution in [3.05, 3.63) is 40.9 Å². The number of aryl methyl sites for hydroxylation is 1. The minimum atomic E-state index is -0.216. The van der Waals surface area contributed by atoms with Crippen molar-refractivity contribution in [1.29, 1.82) is 0 Å². The molecule has 0 radical (unpaired) electrons. The van der Waals surface area contributed by atoms with Gasteiger partial charge in [-0.2, -0.15) is 0 Å². The van der Waals surface area contributed by atoms with Crippen molar-refractivity contribution in [3.63, 3.8) is 0 Å². The normalized spacial score (nSPS) is 13.1. The monoisotopic (exact) mass is 304 g/mol. The lowest BCUT2D eigenvalue weighted by molar-refractivity contribution is -0.118. The molecule has 0 fully saturated rings. The summed E-state index contributed by atoms with van der Waals surface area (Å²) in [7, 11) is 0. The summed E-state index contributed by atoms with van der Waals surface area (Å²) in [6, 6.07) is 8.70. The minimum absolute atomic E-state index is 0.0175. The zero-order valence-electron chi connectivity index (χ0n) is 11.3. The third kappa shape index (κ3) is 2.73. The lowest BCUT2D eigenvalue weighted by atomic mass is 10.2. The molecule has 0 unspecified atom stereocenters. The van der Waals surface area contributed by atoms with Gasteiger partial charge in [0.15, 0.2) is 12.4 Å². The van der Waals surface area contributed by atoms with E-state index in [1.807, 2.05) is 19.1 Å². The Kier molecular flexibility index (Phi) is 3.35. The van der Waals surface area contributed by atoms with Gasteiger partial charge in [0.05, 0.1) is 16.4 Å². The number of nitrogens with one attached hydrogen (secondary N) is 1. The summed E-state index contributed by atoms with van der Waals surface area (Å²) in [5.41, 5.74) is 7.90. The van der Waals surface area contributed by atoms with Crippen molar-refractivity contribution >= 4 is 28.9 Å². The first-order valence-electron chi connectivity index (χ1n) is 6.33. The van der Waals surface area contributed by atoms with Crippen LogP contribution in [0.5, 0.6) is 17.2 Å². The van der Waals surface area contributed by atoms with Crippen LogP contribution in [-0.4, -0.2) is 12.5 Å². The Bertz CT molecular complexity index is 731. The second-order valence-electron chi connectivity index (χ2n) is 4.76. The molecule has 1 aliphatic rings. The average molecular weight is 305 g/mol. The number of halogens is 1. The van der Waals surface area contributed by atoms with Gasteiger partial charge in [-0.1, -0.05) is 17.7 Å². The molecule has 3 rings (SSSR count). The van der Waals surface area contributed by atoms with Gasteiger partial charge in [-0.25, -0.2) is 0 Å². The van der Waals surface area contributed by atoms with Crippen LogP contribution in [0.4, 0.5) is 11.4 Å². The molecule has 108 valence electrons. The molecule has 0 bridgehead atoms. The standard InChI is InChI=1S/C15H13ClN2O3/c1-8-2-3-9(16)12(4-8)21-13-6-11-14(5-10(13)17)20-7-15(19)18-11/h2-6H,7,17H2,1H3,(H,18,19).